The second-order valence-electron chi connectivity index (χ2n) is 7.94. The molecule has 1 unspecified atom stereocenters. The van der Waals surface area contributed by atoms with Crippen molar-refractivity contribution < 1.29 is 37.8 Å². The molecule has 2 aromatic heterocycles. The van der Waals surface area contributed by atoms with Gasteiger partial charge in [-0.15, -0.1) is 5.10 Å². The summed E-state index contributed by atoms with van der Waals surface area (Å²) in [5.41, 5.74) is 1.04. The number of carbonyl (C=O) groups excluding carboxylic acids is 1. The largest absolute Gasteiger partial charge is 0.490 e. The second-order valence-corrected chi connectivity index (χ2v) is 7.94. The van der Waals surface area contributed by atoms with Crippen LogP contribution >= 0.6 is 0 Å². The van der Waals surface area contributed by atoms with Gasteiger partial charge in [-0.2, -0.15) is 18.3 Å². The smallest absolute Gasteiger partial charge is 0.480 e. The van der Waals surface area contributed by atoms with Gasteiger partial charge in [-0.1, -0.05) is 18.1 Å². The van der Waals surface area contributed by atoms with Crippen LogP contribution in [0.1, 0.15) is 38.3 Å². The molecular formula is C19H25F3N6O5. The number of hydrogen-bond acceptors (Lipinski definition) is 6. The lowest BCUT2D eigenvalue weighted by Crippen LogP contribution is -2.57. The minimum atomic E-state index is -5.08. The number of rotatable bonds is 6. The van der Waals surface area contributed by atoms with Gasteiger partial charge in [0.15, 0.2) is 0 Å². The average Bonchev–Trinajstić information content (AvgIpc) is 3.42. The van der Waals surface area contributed by atoms with E-state index < -0.39 is 23.7 Å². The zero-order valence-corrected chi connectivity index (χ0v) is 18.3. The van der Waals surface area contributed by atoms with Crippen LogP contribution in [0.25, 0.3) is 11.3 Å². The molecule has 0 spiro atoms. The van der Waals surface area contributed by atoms with Crippen LogP contribution in [-0.4, -0.2) is 64.5 Å². The molecule has 1 atom stereocenters. The molecule has 3 N–H and O–H groups in total. The van der Waals surface area contributed by atoms with Crippen molar-refractivity contribution in [3.8, 4) is 11.3 Å². The predicted octanol–water partition coefficient (Wildman–Crippen LogP) is 1.77. The summed E-state index contributed by atoms with van der Waals surface area (Å²) in [6, 6.07) is 0. The monoisotopic (exact) mass is 474 g/mol. The summed E-state index contributed by atoms with van der Waals surface area (Å²) in [6.07, 6.45) is 2.05. The van der Waals surface area contributed by atoms with E-state index >= 15 is 0 Å². The normalized spacial score (nSPS) is 15.9. The lowest BCUT2D eigenvalue weighted by Gasteiger charge is -2.32. The number of aromatic nitrogens is 5. The first-order valence-electron chi connectivity index (χ1n) is 9.99. The zero-order chi connectivity index (χ0) is 25.0. The molecular weight excluding hydrogens is 449 g/mol. The van der Waals surface area contributed by atoms with Crippen molar-refractivity contribution >= 4 is 17.8 Å². The SMILES string of the molecule is Cc1nn(C)cc1-c1cn(CC(=O)NC(C)(C(=O)O)C2CCCC2)nn1.O=C(O)C(F)(F)F. The molecule has 0 saturated heterocycles. The summed E-state index contributed by atoms with van der Waals surface area (Å²) in [5, 5.41) is 31.8. The number of nitrogens with one attached hydrogen (secondary N) is 1. The van der Waals surface area contributed by atoms with Crippen LogP contribution in [0, 0.1) is 12.8 Å². The van der Waals surface area contributed by atoms with Gasteiger partial charge in [-0.05, 0) is 32.6 Å². The fraction of sp³-hybridized carbons (Fsp3) is 0.579. The van der Waals surface area contributed by atoms with Crippen molar-refractivity contribution in [1.82, 2.24) is 30.1 Å². The van der Waals surface area contributed by atoms with Crippen molar-refractivity contribution in [1.29, 1.82) is 0 Å². The van der Waals surface area contributed by atoms with Crippen LogP contribution in [0.2, 0.25) is 0 Å². The van der Waals surface area contributed by atoms with Crippen molar-refractivity contribution in [3.63, 3.8) is 0 Å². The van der Waals surface area contributed by atoms with E-state index in [1.807, 2.05) is 20.2 Å². The van der Waals surface area contributed by atoms with Gasteiger partial charge in [0.25, 0.3) is 0 Å². The van der Waals surface area contributed by atoms with E-state index in [0.29, 0.717) is 5.69 Å². The molecule has 33 heavy (non-hydrogen) atoms. The van der Waals surface area contributed by atoms with Crippen molar-refractivity contribution in [2.75, 3.05) is 0 Å². The Bertz CT molecular complexity index is 1010. The van der Waals surface area contributed by atoms with Gasteiger partial charge in [0.2, 0.25) is 5.91 Å². The Kier molecular flexibility index (Phi) is 7.82. The van der Waals surface area contributed by atoms with Crippen molar-refractivity contribution in [2.24, 2.45) is 13.0 Å². The highest BCUT2D eigenvalue weighted by atomic mass is 19.4. The van der Waals surface area contributed by atoms with Crippen molar-refractivity contribution in [3.05, 3.63) is 18.1 Å². The van der Waals surface area contributed by atoms with E-state index in [9.17, 15) is 27.9 Å². The Labute approximate surface area is 186 Å². The first-order valence-corrected chi connectivity index (χ1v) is 9.99. The minimum Gasteiger partial charge on any atom is -0.480 e. The molecule has 0 bridgehead atoms. The number of aryl methyl sites for hydroxylation is 2. The molecule has 2 heterocycles. The van der Waals surface area contributed by atoms with Gasteiger partial charge in [-0.25, -0.2) is 14.3 Å². The Balaban J connectivity index is 0.000000479. The number of carboxylic acid groups (broad SMARTS) is 2. The molecule has 1 aliphatic carbocycles. The second kappa shape index (κ2) is 10.0. The molecule has 0 aliphatic heterocycles. The number of halogens is 3. The van der Waals surface area contributed by atoms with E-state index in [4.69, 9.17) is 9.90 Å². The molecule has 14 heteroatoms. The molecule has 11 nitrogen and oxygen atoms in total. The maximum Gasteiger partial charge on any atom is 0.490 e. The third kappa shape index (κ3) is 6.52. The average molecular weight is 474 g/mol. The van der Waals surface area contributed by atoms with E-state index in [1.54, 1.807) is 17.8 Å². The van der Waals surface area contributed by atoms with E-state index in [-0.39, 0.29) is 18.4 Å². The van der Waals surface area contributed by atoms with Crippen LogP contribution in [0.3, 0.4) is 0 Å². The van der Waals surface area contributed by atoms with Crippen LogP contribution in [-0.2, 0) is 28.0 Å². The predicted molar refractivity (Wildman–Crippen MR) is 107 cm³/mol. The summed E-state index contributed by atoms with van der Waals surface area (Å²) < 4.78 is 34.8. The molecule has 3 rings (SSSR count). The lowest BCUT2D eigenvalue weighted by molar-refractivity contribution is -0.192. The number of aliphatic carboxylic acids is 2. The number of alkyl halides is 3. The standard InChI is InChI=1S/C17H24N6O3.C2HF3O2/c1-11-13(8-22(3)20-11)14-9-23(21-19-14)10-15(24)18-17(2,16(25)26)12-6-4-5-7-12;3-2(4,5)1(6)7/h8-9,12H,4-7,10H2,1-3H3,(H,18,24)(H,25,26);(H,6,7). The minimum absolute atomic E-state index is 0.0479. The third-order valence-corrected chi connectivity index (χ3v) is 5.39. The van der Waals surface area contributed by atoms with Crippen LogP contribution in [0.5, 0.6) is 0 Å². The molecule has 1 aliphatic rings. The molecule has 1 saturated carbocycles. The van der Waals surface area contributed by atoms with Gasteiger partial charge in [0.05, 0.1) is 11.9 Å². The number of carbonyl (C=O) groups is 3. The first kappa shape index (κ1) is 25.8. The Morgan fingerprint density at radius 1 is 1.15 bits per heavy atom. The highest BCUT2D eigenvalue weighted by molar-refractivity contribution is 5.87. The maximum absolute atomic E-state index is 12.4. The topological polar surface area (TPSA) is 152 Å². The molecule has 1 fully saturated rings. The van der Waals surface area contributed by atoms with Gasteiger partial charge in [0.1, 0.15) is 17.8 Å². The van der Waals surface area contributed by atoms with Crippen LogP contribution in [0.15, 0.2) is 12.4 Å². The molecule has 0 aromatic carbocycles. The number of hydrogen-bond donors (Lipinski definition) is 3. The van der Waals surface area contributed by atoms with Gasteiger partial charge in [-0.3, -0.25) is 9.48 Å². The summed E-state index contributed by atoms with van der Waals surface area (Å²) in [6.45, 7) is 3.39. The van der Waals surface area contributed by atoms with E-state index in [1.165, 1.54) is 4.68 Å². The molecule has 2 aromatic rings. The quantitative estimate of drug-likeness (QED) is 0.573. The summed E-state index contributed by atoms with van der Waals surface area (Å²) in [7, 11) is 1.82. The van der Waals surface area contributed by atoms with Crippen LogP contribution < -0.4 is 5.32 Å². The van der Waals surface area contributed by atoms with Gasteiger partial charge < -0.3 is 15.5 Å². The summed E-state index contributed by atoms with van der Waals surface area (Å²) in [4.78, 5) is 33.1. The summed E-state index contributed by atoms with van der Waals surface area (Å²) >= 11 is 0. The van der Waals surface area contributed by atoms with Gasteiger partial charge >= 0.3 is 18.1 Å². The highest BCUT2D eigenvalue weighted by Crippen LogP contribution is 2.34. The lowest BCUT2D eigenvalue weighted by atomic mass is 9.84. The number of carboxylic acids is 2. The number of amides is 1. The third-order valence-electron chi connectivity index (χ3n) is 5.39. The molecule has 0 radical (unpaired) electrons. The number of nitrogens with zero attached hydrogens (tertiary/aromatic N) is 5. The molecule has 1 amide bonds. The fourth-order valence-electron chi connectivity index (χ4n) is 3.66. The maximum atomic E-state index is 12.4. The van der Waals surface area contributed by atoms with E-state index in [2.05, 4.69) is 20.7 Å². The van der Waals surface area contributed by atoms with Crippen molar-refractivity contribution in [2.45, 2.75) is 57.8 Å². The molecule has 182 valence electrons. The zero-order valence-electron chi connectivity index (χ0n) is 18.3. The Morgan fingerprint density at radius 3 is 2.18 bits per heavy atom. The highest BCUT2D eigenvalue weighted by Gasteiger charge is 2.43. The van der Waals surface area contributed by atoms with E-state index in [0.717, 1.165) is 36.9 Å². The van der Waals surface area contributed by atoms with Crippen LogP contribution in [0.4, 0.5) is 13.2 Å². The Morgan fingerprint density at radius 2 is 1.73 bits per heavy atom. The fourth-order valence-corrected chi connectivity index (χ4v) is 3.66. The Hall–Kier alpha value is -3.45. The summed E-state index contributed by atoms with van der Waals surface area (Å²) in [5.74, 6) is -4.19. The van der Waals surface area contributed by atoms with Gasteiger partial charge in [0, 0.05) is 18.8 Å². The first-order chi connectivity index (χ1) is 15.2.